The minimum atomic E-state index is -0.122. The molecule has 0 saturated carbocycles. The van der Waals surface area contributed by atoms with Crippen molar-refractivity contribution in [3.63, 3.8) is 0 Å². The van der Waals surface area contributed by atoms with E-state index in [4.69, 9.17) is 0 Å². The van der Waals surface area contributed by atoms with Crippen molar-refractivity contribution >= 4 is 24.0 Å². The Hall–Kier alpha value is -0.810. The first-order valence-electron chi connectivity index (χ1n) is 4.47. The molecular weight excluding hydrogens is 200 g/mol. The largest absolute Gasteiger partial charge is 0.306 e. The number of thioether (sulfide) groups is 1. The zero-order valence-electron chi connectivity index (χ0n) is 8.11. The molecule has 14 heavy (non-hydrogen) atoms. The van der Waals surface area contributed by atoms with Crippen molar-refractivity contribution in [1.82, 2.24) is 10.2 Å². The molecule has 2 aliphatic rings. The molecule has 1 N–H and O–H groups in total. The Bertz CT molecular complexity index is 327. The molecule has 1 fully saturated rings. The maximum atomic E-state index is 11.6. The molecule has 2 unspecified atom stereocenters. The lowest BCUT2D eigenvalue weighted by Crippen LogP contribution is -2.68. The summed E-state index contributed by atoms with van der Waals surface area (Å²) >= 11 is 1.70. The van der Waals surface area contributed by atoms with E-state index in [0.29, 0.717) is 5.70 Å². The highest BCUT2D eigenvalue weighted by Gasteiger charge is 2.50. The summed E-state index contributed by atoms with van der Waals surface area (Å²) in [7, 11) is 1.77. The first-order valence-corrected chi connectivity index (χ1v) is 5.52. The molecule has 0 radical (unpaired) electrons. The number of hydrogen-bond donors (Lipinski definition) is 1. The Morgan fingerprint density at radius 2 is 2.36 bits per heavy atom. The van der Waals surface area contributed by atoms with Crippen LogP contribution in [0.1, 0.15) is 6.92 Å². The third-order valence-electron chi connectivity index (χ3n) is 2.63. The zero-order chi connectivity index (χ0) is 10.3. The van der Waals surface area contributed by atoms with E-state index in [2.05, 4.69) is 5.32 Å². The minimum absolute atomic E-state index is 0.00569. The van der Waals surface area contributed by atoms with Gasteiger partial charge in [0, 0.05) is 5.75 Å². The molecule has 0 aromatic heterocycles. The van der Waals surface area contributed by atoms with Crippen molar-refractivity contribution in [2.45, 2.75) is 18.3 Å². The second-order valence-electron chi connectivity index (χ2n) is 3.46. The van der Waals surface area contributed by atoms with Crippen molar-refractivity contribution in [3.05, 3.63) is 11.3 Å². The van der Waals surface area contributed by atoms with E-state index in [0.717, 1.165) is 17.6 Å². The fourth-order valence-electron chi connectivity index (χ4n) is 1.80. The average molecular weight is 212 g/mol. The molecule has 0 aromatic rings. The van der Waals surface area contributed by atoms with Gasteiger partial charge >= 0.3 is 0 Å². The van der Waals surface area contributed by atoms with Gasteiger partial charge in [-0.2, -0.15) is 0 Å². The topological polar surface area (TPSA) is 49.4 Å². The van der Waals surface area contributed by atoms with Gasteiger partial charge in [-0.3, -0.25) is 14.5 Å². The second-order valence-corrected chi connectivity index (χ2v) is 4.56. The van der Waals surface area contributed by atoms with Crippen LogP contribution in [0.2, 0.25) is 0 Å². The molecule has 5 heteroatoms. The first-order chi connectivity index (χ1) is 6.70. The minimum Gasteiger partial charge on any atom is -0.306 e. The Morgan fingerprint density at radius 1 is 1.64 bits per heavy atom. The predicted molar refractivity (Wildman–Crippen MR) is 54.7 cm³/mol. The number of aldehydes is 1. The number of hydrogen-bond acceptors (Lipinski definition) is 4. The number of amides is 1. The normalized spacial score (nSPS) is 31.3. The fraction of sp³-hybridized carbons (Fsp3) is 0.556. The number of carbonyl (C=O) groups excluding carboxylic acids is 2. The average Bonchev–Trinajstić information content (AvgIpc) is 2.19. The Morgan fingerprint density at radius 3 is 2.93 bits per heavy atom. The monoisotopic (exact) mass is 212 g/mol. The van der Waals surface area contributed by atoms with Crippen LogP contribution in [0.4, 0.5) is 0 Å². The van der Waals surface area contributed by atoms with Crippen LogP contribution in [0, 0.1) is 0 Å². The summed E-state index contributed by atoms with van der Waals surface area (Å²) in [6, 6.07) is -0.122. The van der Waals surface area contributed by atoms with Gasteiger partial charge in [-0.1, -0.05) is 0 Å². The first kappa shape index (κ1) is 9.73. The standard InChI is InChI=1S/C9H12N2O2S/c1-5-4-14-9-7(10-2)8(13)11(9)6(5)3-12/h3,7,9-10H,4H2,1-2H3. The molecule has 2 atom stereocenters. The van der Waals surface area contributed by atoms with E-state index in [1.54, 1.807) is 23.7 Å². The third kappa shape index (κ3) is 1.12. The highest BCUT2D eigenvalue weighted by Crippen LogP contribution is 2.38. The molecule has 2 aliphatic heterocycles. The van der Waals surface area contributed by atoms with Gasteiger partial charge in [0.1, 0.15) is 11.4 Å². The van der Waals surface area contributed by atoms with Gasteiger partial charge in [0.15, 0.2) is 6.29 Å². The molecule has 4 nitrogen and oxygen atoms in total. The van der Waals surface area contributed by atoms with E-state index in [9.17, 15) is 9.59 Å². The molecule has 0 aliphatic carbocycles. The van der Waals surface area contributed by atoms with Crippen LogP contribution >= 0.6 is 11.8 Å². The Balaban J connectivity index is 2.28. The molecule has 0 aromatic carbocycles. The van der Waals surface area contributed by atoms with Gasteiger partial charge in [-0.25, -0.2) is 0 Å². The van der Waals surface area contributed by atoms with Crippen LogP contribution in [-0.4, -0.2) is 41.3 Å². The highest BCUT2D eigenvalue weighted by atomic mass is 32.2. The highest BCUT2D eigenvalue weighted by molar-refractivity contribution is 8.00. The predicted octanol–water partition coefficient (Wildman–Crippen LogP) is -0.0376. The number of nitrogens with one attached hydrogen (secondary N) is 1. The number of allylic oxidation sites excluding steroid dienone is 1. The Labute approximate surface area is 86.7 Å². The number of likely N-dealkylation sites (N-methyl/N-ethyl adjacent to an activating group) is 1. The lowest BCUT2D eigenvalue weighted by molar-refractivity contribution is -0.143. The van der Waals surface area contributed by atoms with Crippen molar-refractivity contribution in [3.8, 4) is 0 Å². The summed E-state index contributed by atoms with van der Waals surface area (Å²) < 4.78 is 0. The van der Waals surface area contributed by atoms with Crippen molar-refractivity contribution in [2.75, 3.05) is 12.8 Å². The van der Waals surface area contributed by atoms with Crippen molar-refractivity contribution in [1.29, 1.82) is 0 Å². The summed E-state index contributed by atoms with van der Waals surface area (Å²) in [5.74, 6) is 0.840. The number of nitrogens with zero attached hydrogens (tertiary/aromatic N) is 1. The van der Waals surface area contributed by atoms with Crippen LogP contribution in [0.25, 0.3) is 0 Å². The SMILES string of the molecule is CNC1C(=O)N2C(C=O)=C(C)CSC12. The van der Waals surface area contributed by atoms with E-state index in [-0.39, 0.29) is 17.3 Å². The number of β-lactam (4-membered cyclic amide) rings is 1. The zero-order valence-corrected chi connectivity index (χ0v) is 8.93. The van der Waals surface area contributed by atoms with Gasteiger partial charge in [0.25, 0.3) is 0 Å². The van der Waals surface area contributed by atoms with Gasteiger partial charge < -0.3 is 5.32 Å². The summed E-state index contributed by atoms with van der Waals surface area (Å²) in [5.41, 5.74) is 1.55. The van der Waals surface area contributed by atoms with E-state index in [1.165, 1.54) is 0 Å². The number of fused-ring (bicyclic) bond motifs is 1. The lowest BCUT2D eigenvalue weighted by atomic mass is 10.0. The lowest BCUT2D eigenvalue weighted by Gasteiger charge is -2.49. The molecule has 0 spiro atoms. The van der Waals surface area contributed by atoms with Gasteiger partial charge in [-0.05, 0) is 19.5 Å². The summed E-state index contributed by atoms with van der Waals surface area (Å²) in [4.78, 5) is 24.0. The Kier molecular flexibility index (Phi) is 2.36. The van der Waals surface area contributed by atoms with Crippen LogP contribution in [0.5, 0.6) is 0 Å². The molecule has 1 amide bonds. The fourth-order valence-corrected chi connectivity index (χ4v) is 3.18. The van der Waals surface area contributed by atoms with Crippen molar-refractivity contribution < 1.29 is 9.59 Å². The smallest absolute Gasteiger partial charge is 0.248 e. The second kappa shape index (κ2) is 3.40. The van der Waals surface area contributed by atoms with Crippen LogP contribution < -0.4 is 5.32 Å². The quantitative estimate of drug-likeness (QED) is 0.515. The number of carbonyl (C=O) groups is 2. The maximum Gasteiger partial charge on any atom is 0.248 e. The van der Waals surface area contributed by atoms with Crippen molar-refractivity contribution in [2.24, 2.45) is 0 Å². The van der Waals surface area contributed by atoms with Crippen LogP contribution in [0.15, 0.2) is 11.3 Å². The van der Waals surface area contributed by atoms with E-state index in [1.807, 2.05) is 6.92 Å². The van der Waals surface area contributed by atoms with E-state index < -0.39 is 0 Å². The van der Waals surface area contributed by atoms with Gasteiger partial charge in [-0.15, -0.1) is 11.8 Å². The van der Waals surface area contributed by atoms with Crippen LogP contribution in [0.3, 0.4) is 0 Å². The number of rotatable bonds is 2. The molecule has 76 valence electrons. The van der Waals surface area contributed by atoms with Crippen LogP contribution in [-0.2, 0) is 9.59 Å². The molecule has 1 saturated heterocycles. The summed E-state index contributed by atoms with van der Waals surface area (Å²) in [6.45, 7) is 1.90. The molecular formula is C9H12N2O2S. The molecule has 2 rings (SSSR count). The summed E-state index contributed by atoms with van der Waals surface area (Å²) in [5, 5.41) is 3.07. The molecule has 2 heterocycles. The van der Waals surface area contributed by atoms with Gasteiger partial charge in [0.2, 0.25) is 5.91 Å². The summed E-state index contributed by atoms with van der Waals surface area (Å²) in [6.07, 6.45) is 0.784. The van der Waals surface area contributed by atoms with E-state index >= 15 is 0 Å². The van der Waals surface area contributed by atoms with Gasteiger partial charge in [0.05, 0.1) is 5.70 Å². The third-order valence-corrected chi connectivity index (χ3v) is 4.06. The maximum absolute atomic E-state index is 11.6. The molecule has 0 bridgehead atoms.